The Morgan fingerprint density at radius 1 is 1.16 bits per heavy atom. The van der Waals surface area contributed by atoms with Gasteiger partial charge in [-0.05, 0) is 35.9 Å². The van der Waals surface area contributed by atoms with Gasteiger partial charge in [-0.3, -0.25) is 14.6 Å². The van der Waals surface area contributed by atoms with Crippen molar-refractivity contribution in [1.29, 1.82) is 0 Å². The standard InChI is InChI=1S/C16H16FN3O4S/c1-18-15(21)16(22)20-10-14(11-3-2-8-19-9-11)25(23,24)13-6-4-12(17)5-7-13/h2-9,14H,10H2,1H3,(H,18,21)(H,20,22)/t14-/m1/s1. The van der Waals surface area contributed by atoms with Gasteiger partial charge in [-0.1, -0.05) is 6.07 Å². The second-order valence-electron chi connectivity index (χ2n) is 5.06. The third-order valence-corrected chi connectivity index (χ3v) is 5.57. The molecule has 0 fully saturated rings. The lowest BCUT2D eigenvalue weighted by atomic mass is 10.2. The number of carbonyl (C=O) groups is 2. The maximum Gasteiger partial charge on any atom is 0.309 e. The van der Waals surface area contributed by atoms with E-state index in [1.807, 2.05) is 0 Å². The Morgan fingerprint density at radius 3 is 2.40 bits per heavy atom. The van der Waals surface area contributed by atoms with Crippen LogP contribution in [0.3, 0.4) is 0 Å². The van der Waals surface area contributed by atoms with E-state index in [-0.39, 0.29) is 11.4 Å². The van der Waals surface area contributed by atoms with E-state index in [4.69, 9.17) is 0 Å². The van der Waals surface area contributed by atoms with E-state index < -0.39 is 32.7 Å². The molecular formula is C16H16FN3O4S. The van der Waals surface area contributed by atoms with E-state index in [9.17, 15) is 22.4 Å². The van der Waals surface area contributed by atoms with E-state index in [1.54, 1.807) is 12.1 Å². The van der Waals surface area contributed by atoms with Crippen LogP contribution in [0.25, 0.3) is 0 Å². The summed E-state index contributed by atoms with van der Waals surface area (Å²) in [5, 5.41) is 3.26. The van der Waals surface area contributed by atoms with Crippen LogP contribution in [-0.2, 0) is 19.4 Å². The Labute approximate surface area is 144 Å². The molecule has 1 heterocycles. The fraction of sp³-hybridized carbons (Fsp3) is 0.188. The average molecular weight is 365 g/mol. The number of hydrogen-bond donors (Lipinski definition) is 2. The van der Waals surface area contributed by atoms with Gasteiger partial charge < -0.3 is 10.6 Å². The smallest absolute Gasteiger partial charge is 0.309 e. The summed E-state index contributed by atoms with van der Waals surface area (Å²) in [4.78, 5) is 26.7. The molecule has 2 aromatic rings. The van der Waals surface area contributed by atoms with Crippen molar-refractivity contribution in [2.45, 2.75) is 10.1 Å². The minimum absolute atomic E-state index is 0.100. The van der Waals surface area contributed by atoms with Gasteiger partial charge >= 0.3 is 11.8 Å². The van der Waals surface area contributed by atoms with Crippen LogP contribution in [0.2, 0.25) is 0 Å². The minimum Gasteiger partial charge on any atom is -0.351 e. The van der Waals surface area contributed by atoms with Gasteiger partial charge in [0.25, 0.3) is 0 Å². The molecule has 132 valence electrons. The van der Waals surface area contributed by atoms with Gasteiger partial charge in [-0.25, -0.2) is 12.8 Å². The third-order valence-electron chi connectivity index (χ3n) is 3.45. The van der Waals surface area contributed by atoms with Crippen LogP contribution in [0, 0.1) is 5.82 Å². The van der Waals surface area contributed by atoms with E-state index in [0.717, 1.165) is 24.3 Å². The van der Waals surface area contributed by atoms with Crippen molar-refractivity contribution in [2.75, 3.05) is 13.6 Å². The lowest BCUT2D eigenvalue weighted by Gasteiger charge is -2.18. The van der Waals surface area contributed by atoms with E-state index in [2.05, 4.69) is 15.6 Å². The topological polar surface area (TPSA) is 105 Å². The number of nitrogens with one attached hydrogen (secondary N) is 2. The van der Waals surface area contributed by atoms with Crippen molar-refractivity contribution in [2.24, 2.45) is 0 Å². The number of hydrogen-bond acceptors (Lipinski definition) is 5. The lowest BCUT2D eigenvalue weighted by molar-refractivity contribution is -0.138. The second-order valence-corrected chi connectivity index (χ2v) is 7.19. The molecule has 0 saturated heterocycles. The molecule has 25 heavy (non-hydrogen) atoms. The number of aromatic nitrogens is 1. The summed E-state index contributed by atoms with van der Waals surface area (Å²) in [5.74, 6) is -2.40. The molecule has 0 aliphatic carbocycles. The van der Waals surface area contributed by atoms with Crippen LogP contribution in [0.1, 0.15) is 10.8 Å². The summed E-state index contributed by atoms with van der Waals surface area (Å²) in [6, 6.07) is 7.48. The van der Waals surface area contributed by atoms with Crippen LogP contribution in [0.4, 0.5) is 4.39 Å². The molecule has 1 atom stereocenters. The maximum absolute atomic E-state index is 13.1. The first kappa shape index (κ1) is 18.5. The Balaban J connectivity index is 2.36. The van der Waals surface area contributed by atoms with Gasteiger partial charge in [0.1, 0.15) is 11.1 Å². The molecule has 0 aliphatic heterocycles. The number of pyridine rings is 1. The normalized spacial score (nSPS) is 12.2. The zero-order valence-corrected chi connectivity index (χ0v) is 14.1. The summed E-state index contributed by atoms with van der Waals surface area (Å²) in [5.41, 5.74) is 0.337. The largest absolute Gasteiger partial charge is 0.351 e. The fourth-order valence-electron chi connectivity index (χ4n) is 2.14. The zero-order chi connectivity index (χ0) is 18.4. The number of sulfone groups is 1. The first-order valence-electron chi connectivity index (χ1n) is 7.25. The Hall–Kier alpha value is -2.81. The minimum atomic E-state index is -3.95. The van der Waals surface area contributed by atoms with Crippen molar-refractivity contribution >= 4 is 21.7 Å². The molecule has 1 aromatic carbocycles. The Kier molecular flexibility index (Phi) is 5.81. The number of likely N-dealkylation sites (N-methyl/N-ethyl adjacent to an activating group) is 1. The molecular weight excluding hydrogens is 349 g/mol. The molecule has 0 radical (unpaired) electrons. The maximum atomic E-state index is 13.1. The Morgan fingerprint density at radius 2 is 1.84 bits per heavy atom. The van der Waals surface area contributed by atoms with Crippen LogP contribution < -0.4 is 10.6 Å². The number of carbonyl (C=O) groups excluding carboxylic acids is 2. The summed E-state index contributed by atoms with van der Waals surface area (Å²) in [7, 11) is -2.66. The number of benzene rings is 1. The van der Waals surface area contributed by atoms with Gasteiger partial charge in [0, 0.05) is 26.0 Å². The molecule has 0 saturated carbocycles. The van der Waals surface area contributed by atoms with Crippen molar-refractivity contribution in [1.82, 2.24) is 15.6 Å². The van der Waals surface area contributed by atoms with Gasteiger partial charge in [-0.2, -0.15) is 0 Å². The summed E-state index contributed by atoms with van der Waals surface area (Å²) in [6.45, 7) is -0.336. The number of halogens is 1. The first-order valence-corrected chi connectivity index (χ1v) is 8.80. The molecule has 2 N–H and O–H groups in total. The zero-order valence-electron chi connectivity index (χ0n) is 13.3. The molecule has 0 unspecified atom stereocenters. The summed E-state index contributed by atoms with van der Waals surface area (Å²) >= 11 is 0. The molecule has 2 rings (SSSR count). The monoisotopic (exact) mass is 365 g/mol. The molecule has 7 nitrogen and oxygen atoms in total. The van der Waals surface area contributed by atoms with Gasteiger partial charge in [0.2, 0.25) is 0 Å². The number of amides is 2. The highest BCUT2D eigenvalue weighted by Gasteiger charge is 2.30. The van der Waals surface area contributed by atoms with Crippen molar-refractivity contribution < 1.29 is 22.4 Å². The molecule has 2 amide bonds. The molecule has 0 bridgehead atoms. The predicted molar refractivity (Wildman–Crippen MR) is 87.6 cm³/mol. The highest BCUT2D eigenvalue weighted by atomic mass is 32.2. The second kappa shape index (κ2) is 7.84. The highest BCUT2D eigenvalue weighted by molar-refractivity contribution is 7.91. The van der Waals surface area contributed by atoms with Crippen LogP contribution in [-0.4, -0.2) is 38.8 Å². The van der Waals surface area contributed by atoms with Gasteiger partial charge in [0.15, 0.2) is 9.84 Å². The van der Waals surface area contributed by atoms with Crippen molar-refractivity contribution in [3.05, 3.63) is 60.2 Å². The van der Waals surface area contributed by atoms with Crippen LogP contribution >= 0.6 is 0 Å². The van der Waals surface area contributed by atoms with Crippen molar-refractivity contribution in [3.8, 4) is 0 Å². The number of nitrogens with zero attached hydrogens (tertiary/aromatic N) is 1. The van der Waals surface area contributed by atoms with E-state index in [0.29, 0.717) is 5.56 Å². The SMILES string of the molecule is CNC(=O)C(=O)NC[C@H](c1cccnc1)S(=O)(=O)c1ccc(F)cc1. The highest BCUT2D eigenvalue weighted by Crippen LogP contribution is 2.28. The molecule has 0 aliphatic rings. The van der Waals surface area contributed by atoms with E-state index >= 15 is 0 Å². The quantitative estimate of drug-likeness (QED) is 0.596. The predicted octanol–water partition coefficient (Wildman–Crippen LogP) is 0.598. The van der Waals surface area contributed by atoms with Crippen LogP contribution in [0.15, 0.2) is 53.7 Å². The number of rotatable bonds is 5. The lowest BCUT2D eigenvalue weighted by Crippen LogP contribution is -2.41. The first-order chi connectivity index (χ1) is 11.9. The molecule has 0 spiro atoms. The third kappa shape index (κ3) is 4.38. The fourth-order valence-corrected chi connectivity index (χ4v) is 3.79. The Bertz CT molecular complexity index is 855. The van der Waals surface area contributed by atoms with Crippen LogP contribution in [0.5, 0.6) is 0 Å². The van der Waals surface area contributed by atoms with E-state index in [1.165, 1.54) is 19.4 Å². The summed E-state index contributed by atoms with van der Waals surface area (Å²) in [6.07, 6.45) is 2.84. The molecule has 9 heteroatoms. The summed E-state index contributed by atoms with van der Waals surface area (Å²) < 4.78 is 38.9. The average Bonchev–Trinajstić information content (AvgIpc) is 2.62. The van der Waals surface area contributed by atoms with Gasteiger partial charge in [0.05, 0.1) is 4.90 Å². The van der Waals surface area contributed by atoms with Crippen molar-refractivity contribution in [3.63, 3.8) is 0 Å². The molecule has 1 aromatic heterocycles. The van der Waals surface area contributed by atoms with Gasteiger partial charge in [-0.15, -0.1) is 0 Å².